The highest BCUT2D eigenvalue weighted by atomic mass is 32.3. The molecule has 0 fully saturated rings. The topological polar surface area (TPSA) is 89.9 Å². The van der Waals surface area contributed by atoms with Gasteiger partial charge in [-0.1, -0.05) is 32.6 Å². The van der Waals surface area contributed by atoms with Crippen LogP contribution in [0.1, 0.15) is 20.8 Å². The third-order valence-corrected chi connectivity index (χ3v) is 2.51. The first-order chi connectivity index (χ1) is 9.37. The molecule has 0 radical (unpaired) electrons. The summed E-state index contributed by atoms with van der Waals surface area (Å²) in [5.41, 5.74) is -0.383. The second-order valence-corrected chi connectivity index (χ2v) is 4.49. The predicted octanol–water partition coefficient (Wildman–Crippen LogP) is 2.32. The Morgan fingerprint density at radius 3 is 2.35 bits per heavy atom. The van der Waals surface area contributed by atoms with Crippen molar-refractivity contribution >= 4 is 29.0 Å². The van der Waals surface area contributed by atoms with Crippen LogP contribution >= 0.6 is 12.6 Å². The van der Waals surface area contributed by atoms with E-state index in [0.717, 1.165) is 6.08 Å². The van der Waals surface area contributed by atoms with E-state index in [1.54, 1.807) is 6.92 Å². The summed E-state index contributed by atoms with van der Waals surface area (Å²) in [4.78, 5) is 11.4. The number of hydrogen-bond donors (Lipinski definition) is 2. The highest BCUT2D eigenvalue weighted by molar-refractivity contribution is 7.82. The van der Waals surface area contributed by atoms with Crippen molar-refractivity contribution in [2.24, 2.45) is 0 Å². The fraction of sp³-hybridized carbons (Fsp3) is 0.417. The molecule has 0 aliphatic heterocycles. The molecule has 20 heavy (non-hydrogen) atoms. The molecule has 0 saturated carbocycles. The number of hydrogen-bond acceptors (Lipinski definition) is 7. The number of thiol groups is 1. The molecule has 0 bridgehead atoms. The van der Waals surface area contributed by atoms with Gasteiger partial charge in [0.15, 0.2) is 0 Å². The number of carbonyl (C=O) groups excluding carboxylic acids is 1. The monoisotopic (exact) mass is 324 g/mol. The van der Waals surface area contributed by atoms with Gasteiger partial charge in [-0.3, -0.25) is 0 Å². The number of allylic oxidation sites excluding steroid dienone is 2. The minimum atomic E-state index is -4.46. The lowest BCUT2D eigenvalue weighted by atomic mass is 10.2. The molecule has 0 aromatic carbocycles. The van der Waals surface area contributed by atoms with Crippen LogP contribution in [0.5, 0.6) is 0 Å². The van der Waals surface area contributed by atoms with E-state index < -0.39 is 22.1 Å². The summed E-state index contributed by atoms with van der Waals surface area (Å²) in [6.07, 6.45) is 3.63. The summed E-state index contributed by atoms with van der Waals surface area (Å²) in [6.45, 7) is 8.65. The highest BCUT2D eigenvalue weighted by Gasteiger charge is 2.21. The average Bonchev–Trinajstić information content (AvgIpc) is 2.39. The van der Waals surface area contributed by atoms with Crippen LogP contribution in [0.25, 0.3) is 0 Å². The van der Waals surface area contributed by atoms with Crippen LogP contribution in [0.4, 0.5) is 0 Å². The number of carbonyl (C=O) groups is 1. The lowest BCUT2D eigenvalue weighted by molar-refractivity contribution is -0.130. The molecule has 0 aromatic heterocycles. The van der Waals surface area contributed by atoms with Crippen molar-refractivity contribution in [1.82, 2.24) is 0 Å². The fourth-order valence-corrected chi connectivity index (χ4v) is 1.67. The number of aliphatic hydroxyl groups is 1. The van der Waals surface area contributed by atoms with E-state index in [1.165, 1.54) is 12.2 Å². The standard InChI is InChI=1S/C10H14O6S2.C2H6/c1-3-5-9(11)8(4-2)10(12)16-18(13,14)15-6-7-17;1-2/h3-5,11,17H,2,6-7H2,1H3;1-2H3/b5-3-,9-8-;. The molecule has 0 saturated heterocycles. The molecule has 0 heterocycles. The van der Waals surface area contributed by atoms with Gasteiger partial charge >= 0.3 is 16.4 Å². The molecule has 8 heteroatoms. The van der Waals surface area contributed by atoms with Crippen molar-refractivity contribution < 1.29 is 26.7 Å². The Labute approximate surface area is 125 Å². The Bertz CT molecular complexity index is 462. The van der Waals surface area contributed by atoms with E-state index in [4.69, 9.17) is 0 Å². The molecular formula is C12H20O6S2. The van der Waals surface area contributed by atoms with Gasteiger partial charge in [0.25, 0.3) is 0 Å². The van der Waals surface area contributed by atoms with Gasteiger partial charge in [0.05, 0.1) is 6.61 Å². The van der Waals surface area contributed by atoms with E-state index in [-0.39, 0.29) is 17.9 Å². The molecule has 0 aromatic rings. The first-order valence-electron chi connectivity index (χ1n) is 5.80. The van der Waals surface area contributed by atoms with E-state index >= 15 is 0 Å². The Kier molecular flexibility index (Phi) is 12.2. The largest absolute Gasteiger partial charge is 0.507 e. The molecule has 0 rings (SSSR count). The minimum Gasteiger partial charge on any atom is -0.507 e. The predicted molar refractivity (Wildman–Crippen MR) is 80.8 cm³/mol. The van der Waals surface area contributed by atoms with Crippen LogP contribution in [0.15, 0.2) is 36.1 Å². The van der Waals surface area contributed by atoms with Crippen LogP contribution in [-0.2, 0) is 23.6 Å². The molecule has 0 amide bonds. The summed E-state index contributed by atoms with van der Waals surface area (Å²) in [5.74, 6) is -1.59. The van der Waals surface area contributed by atoms with Crippen molar-refractivity contribution in [2.75, 3.05) is 12.4 Å². The maximum Gasteiger partial charge on any atom is 0.451 e. The fourth-order valence-electron chi connectivity index (χ4n) is 0.841. The third kappa shape index (κ3) is 8.78. The quantitative estimate of drug-likeness (QED) is 0.323. The highest BCUT2D eigenvalue weighted by Crippen LogP contribution is 2.10. The molecule has 0 unspecified atom stereocenters. The van der Waals surface area contributed by atoms with Crippen molar-refractivity contribution in [2.45, 2.75) is 20.8 Å². The van der Waals surface area contributed by atoms with Gasteiger partial charge in [-0.2, -0.15) is 21.0 Å². The zero-order chi connectivity index (χ0) is 16.2. The van der Waals surface area contributed by atoms with Crippen molar-refractivity contribution in [3.8, 4) is 0 Å². The van der Waals surface area contributed by atoms with Gasteiger partial charge in [-0.05, 0) is 13.0 Å². The Morgan fingerprint density at radius 1 is 1.40 bits per heavy atom. The van der Waals surface area contributed by atoms with Crippen LogP contribution in [-0.4, -0.2) is 31.9 Å². The second-order valence-electron chi connectivity index (χ2n) is 2.83. The number of rotatable bonds is 7. The van der Waals surface area contributed by atoms with Gasteiger partial charge in [0.2, 0.25) is 0 Å². The Hall–Kier alpha value is -1.25. The van der Waals surface area contributed by atoms with E-state index in [1.807, 2.05) is 13.8 Å². The molecule has 6 nitrogen and oxygen atoms in total. The molecular weight excluding hydrogens is 304 g/mol. The normalized spacial score (nSPS) is 12.2. The summed E-state index contributed by atoms with van der Waals surface area (Å²) in [7, 11) is -4.46. The second kappa shape index (κ2) is 11.6. The molecule has 0 atom stereocenters. The lowest BCUT2D eigenvalue weighted by Crippen LogP contribution is -2.18. The van der Waals surface area contributed by atoms with E-state index in [0.29, 0.717) is 0 Å². The Balaban J connectivity index is 0. The maximum atomic E-state index is 11.4. The molecule has 0 aliphatic carbocycles. The van der Waals surface area contributed by atoms with Gasteiger partial charge in [0.1, 0.15) is 11.3 Å². The van der Waals surface area contributed by atoms with Gasteiger partial charge in [-0.15, -0.1) is 0 Å². The summed E-state index contributed by atoms with van der Waals surface area (Å²) in [6, 6.07) is 0. The zero-order valence-electron chi connectivity index (χ0n) is 11.7. The van der Waals surface area contributed by atoms with Crippen molar-refractivity contribution in [3.63, 3.8) is 0 Å². The third-order valence-electron chi connectivity index (χ3n) is 1.52. The molecule has 0 spiro atoms. The Morgan fingerprint density at radius 2 is 1.95 bits per heavy atom. The van der Waals surface area contributed by atoms with Crippen molar-refractivity contribution in [3.05, 3.63) is 36.1 Å². The van der Waals surface area contributed by atoms with Crippen LogP contribution in [0.2, 0.25) is 0 Å². The summed E-state index contributed by atoms with van der Waals surface area (Å²) < 4.78 is 30.7. The first kappa shape index (κ1) is 21.1. The molecule has 1 N–H and O–H groups in total. The van der Waals surface area contributed by atoms with E-state index in [2.05, 4.69) is 27.6 Å². The summed E-state index contributed by atoms with van der Waals surface area (Å²) in [5, 5.41) is 9.43. The van der Waals surface area contributed by atoms with Crippen molar-refractivity contribution in [1.29, 1.82) is 0 Å². The van der Waals surface area contributed by atoms with Crippen LogP contribution in [0.3, 0.4) is 0 Å². The smallest absolute Gasteiger partial charge is 0.451 e. The van der Waals surface area contributed by atoms with Gasteiger partial charge in [-0.25, -0.2) is 8.98 Å². The first-order valence-corrected chi connectivity index (χ1v) is 7.77. The van der Waals surface area contributed by atoms with E-state index in [9.17, 15) is 18.3 Å². The molecule has 0 aliphatic rings. The van der Waals surface area contributed by atoms with Gasteiger partial charge < -0.3 is 9.29 Å². The summed E-state index contributed by atoms with van der Waals surface area (Å²) >= 11 is 3.74. The average molecular weight is 324 g/mol. The van der Waals surface area contributed by atoms with Gasteiger partial charge in [0, 0.05) is 5.75 Å². The van der Waals surface area contributed by atoms with Crippen LogP contribution < -0.4 is 0 Å². The lowest BCUT2D eigenvalue weighted by Gasteiger charge is -2.06. The maximum absolute atomic E-state index is 11.4. The minimum absolute atomic E-state index is 0.144. The number of aliphatic hydroxyl groups excluding tert-OH is 1. The molecule has 116 valence electrons. The zero-order valence-corrected chi connectivity index (χ0v) is 13.4. The SMILES string of the molecule is C=C/C(C(=O)OS(=O)(=O)OCCS)=C(O)\C=C/C.CC. The van der Waals surface area contributed by atoms with Crippen LogP contribution in [0, 0.1) is 0 Å².